The SMILES string of the molecule is CCOC(=O)N1CCN(C(C)(C)CC(C)C)CC1. The summed E-state index contributed by atoms with van der Waals surface area (Å²) in [5, 5.41) is 0. The standard InChI is InChI=1S/C14H28N2O2/c1-6-18-13(17)15-7-9-16(10-8-15)14(4,5)11-12(2)3/h12H,6-11H2,1-5H3. The molecule has 1 rings (SSSR count). The van der Waals surface area contributed by atoms with Crippen LogP contribution in [0.25, 0.3) is 0 Å². The highest BCUT2D eigenvalue weighted by Gasteiger charge is 2.31. The van der Waals surface area contributed by atoms with E-state index in [2.05, 4.69) is 32.6 Å². The summed E-state index contributed by atoms with van der Waals surface area (Å²) >= 11 is 0. The molecule has 1 saturated heterocycles. The molecule has 0 N–H and O–H groups in total. The van der Waals surface area contributed by atoms with Crippen LogP contribution in [0.3, 0.4) is 0 Å². The number of hydrogen-bond donors (Lipinski definition) is 0. The first-order valence-electron chi connectivity index (χ1n) is 7.03. The Kier molecular flexibility index (Phi) is 5.45. The number of rotatable bonds is 4. The molecule has 0 atom stereocenters. The topological polar surface area (TPSA) is 32.8 Å². The first-order valence-corrected chi connectivity index (χ1v) is 7.03. The third-order valence-electron chi connectivity index (χ3n) is 3.57. The van der Waals surface area contributed by atoms with E-state index in [1.165, 1.54) is 6.42 Å². The van der Waals surface area contributed by atoms with E-state index in [9.17, 15) is 4.79 Å². The number of nitrogens with zero attached hydrogens (tertiary/aromatic N) is 2. The van der Waals surface area contributed by atoms with E-state index in [4.69, 9.17) is 4.74 Å². The largest absolute Gasteiger partial charge is 0.450 e. The number of amides is 1. The molecule has 18 heavy (non-hydrogen) atoms. The summed E-state index contributed by atoms with van der Waals surface area (Å²) in [5.74, 6) is 0.697. The molecule has 4 heteroatoms. The fraction of sp³-hybridized carbons (Fsp3) is 0.929. The summed E-state index contributed by atoms with van der Waals surface area (Å²) in [7, 11) is 0. The summed E-state index contributed by atoms with van der Waals surface area (Å²) in [4.78, 5) is 15.9. The molecule has 1 amide bonds. The molecule has 0 aromatic carbocycles. The Morgan fingerprint density at radius 1 is 1.22 bits per heavy atom. The molecule has 0 bridgehead atoms. The van der Waals surface area contributed by atoms with E-state index in [0.717, 1.165) is 26.2 Å². The van der Waals surface area contributed by atoms with Crippen molar-refractivity contribution in [3.8, 4) is 0 Å². The predicted molar refractivity (Wildman–Crippen MR) is 73.7 cm³/mol. The first-order chi connectivity index (χ1) is 8.36. The number of piperazine rings is 1. The molecule has 1 aliphatic heterocycles. The smallest absolute Gasteiger partial charge is 0.409 e. The molecule has 0 saturated carbocycles. The molecule has 0 unspecified atom stereocenters. The van der Waals surface area contributed by atoms with E-state index in [0.29, 0.717) is 12.5 Å². The van der Waals surface area contributed by atoms with Crippen molar-refractivity contribution in [2.24, 2.45) is 5.92 Å². The van der Waals surface area contributed by atoms with Crippen LogP contribution in [0.4, 0.5) is 4.79 Å². The van der Waals surface area contributed by atoms with Crippen LogP contribution in [-0.2, 0) is 4.74 Å². The summed E-state index contributed by atoms with van der Waals surface area (Å²) in [6.07, 6.45) is 1.02. The third-order valence-corrected chi connectivity index (χ3v) is 3.57. The number of carbonyl (C=O) groups is 1. The fourth-order valence-electron chi connectivity index (χ4n) is 2.84. The van der Waals surface area contributed by atoms with E-state index < -0.39 is 0 Å². The van der Waals surface area contributed by atoms with Gasteiger partial charge in [0.25, 0.3) is 0 Å². The van der Waals surface area contributed by atoms with E-state index in [1.54, 1.807) is 0 Å². The lowest BCUT2D eigenvalue weighted by atomic mass is 9.90. The second kappa shape index (κ2) is 6.41. The van der Waals surface area contributed by atoms with Gasteiger partial charge in [-0.05, 0) is 33.1 Å². The van der Waals surface area contributed by atoms with E-state index in [-0.39, 0.29) is 11.6 Å². The van der Waals surface area contributed by atoms with Crippen molar-refractivity contribution < 1.29 is 9.53 Å². The predicted octanol–water partition coefficient (Wildman–Crippen LogP) is 2.59. The highest BCUT2D eigenvalue weighted by molar-refractivity contribution is 5.67. The van der Waals surface area contributed by atoms with Crippen LogP contribution >= 0.6 is 0 Å². The van der Waals surface area contributed by atoms with Gasteiger partial charge in [-0.3, -0.25) is 4.90 Å². The summed E-state index contributed by atoms with van der Waals surface area (Å²) in [5.41, 5.74) is 0.217. The van der Waals surface area contributed by atoms with Gasteiger partial charge in [0.15, 0.2) is 0 Å². The molecule has 1 heterocycles. The van der Waals surface area contributed by atoms with Crippen molar-refractivity contribution in [1.82, 2.24) is 9.80 Å². The average molecular weight is 256 g/mol. The van der Waals surface area contributed by atoms with Crippen LogP contribution in [0, 0.1) is 5.92 Å². The van der Waals surface area contributed by atoms with Crippen LogP contribution in [0.15, 0.2) is 0 Å². The summed E-state index contributed by atoms with van der Waals surface area (Å²) in [6, 6.07) is 0. The van der Waals surface area contributed by atoms with E-state index in [1.807, 2.05) is 11.8 Å². The second-order valence-corrected chi connectivity index (χ2v) is 6.08. The van der Waals surface area contributed by atoms with Gasteiger partial charge in [0, 0.05) is 31.7 Å². The Morgan fingerprint density at radius 3 is 2.22 bits per heavy atom. The normalized spacial score (nSPS) is 18.2. The van der Waals surface area contributed by atoms with Gasteiger partial charge in [0.2, 0.25) is 0 Å². The van der Waals surface area contributed by atoms with Crippen LogP contribution in [0.2, 0.25) is 0 Å². The number of hydrogen-bond acceptors (Lipinski definition) is 3. The van der Waals surface area contributed by atoms with Gasteiger partial charge >= 0.3 is 6.09 Å². The van der Waals surface area contributed by atoms with Gasteiger partial charge in [-0.25, -0.2) is 4.79 Å². The minimum Gasteiger partial charge on any atom is -0.450 e. The molecule has 0 aromatic rings. The molecule has 4 nitrogen and oxygen atoms in total. The maximum absolute atomic E-state index is 11.6. The molecule has 1 aliphatic rings. The molecule has 1 fully saturated rings. The molecular formula is C14H28N2O2. The molecular weight excluding hydrogens is 228 g/mol. The fourth-order valence-corrected chi connectivity index (χ4v) is 2.84. The first kappa shape index (κ1) is 15.3. The maximum atomic E-state index is 11.6. The number of ether oxygens (including phenoxy) is 1. The molecule has 0 aromatic heterocycles. The van der Waals surface area contributed by atoms with Crippen molar-refractivity contribution in [1.29, 1.82) is 0 Å². The zero-order valence-corrected chi connectivity index (χ0v) is 12.5. The maximum Gasteiger partial charge on any atom is 0.409 e. The Morgan fingerprint density at radius 2 is 1.78 bits per heavy atom. The quantitative estimate of drug-likeness (QED) is 0.775. The highest BCUT2D eigenvalue weighted by atomic mass is 16.6. The molecule has 106 valence electrons. The Labute approximate surface area is 111 Å². The molecule has 0 radical (unpaired) electrons. The zero-order valence-electron chi connectivity index (χ0n) is 12.5. The van der Waals surface area contributed by atoms with Gasteiger partial charge in [-0.15, -0.1) is 0 Å². The minimum atomic E-state index is -0.168. The number of carbonyl (C=O) groups excluding carboxylic acids is 1. The Bertz CT molecular complexity index is 269. The molecule has 0 spiro atoms. The van der Waals surface area contributed by atoms with E-state index >= 15 is 0 Å². The van der Waals surface area contributed by atoms with Crippen LogP contribution < -0.4 is 0 Å². The van der Waals surface area contributed by atoms with Crippen LogP contribution in [0.5, 0.6) is 0 Å². The Hall–Kier alpha value is -0.770. The summed E-state index contributed by atoms with van der Waals surface area (Å²) < 4.78 is 5.04. The van der Waals surface area contributed by atoms with Crippen LogP contribution in [0.1, 0.15) is 41.0 Å². The molecule has 0 aliphatic carbocycles. The van der Waals surface area contributed by atoms with Gasteiger partial charge < -0.3 is 9.64 Å². The highest BCUT2D eigenvalue weighted by Crippen LogP contribution is 2.24. The van der Waals surface area contributed by atoms with Crippen molar-refractivity contribution in [3.63, 3.8) is 0 Å². The monoisotopic (exact) mass is 256 g/mol. The van der Waals surface area contributed by atoms with Gasteiger partial charge in [-0.1, -0.05) is 13.8 Å². The second-order valence-electron chi connectivity index (χ2n) is 6.08. The Balaban J connectivity index is 2.45. The van der Waals surface area contributed by atoms with Crippen molar-refractivity contribution in [2.45, 2.75) is 46.6 Å². The lowest BCUT2D eigenvalue weighted by Crippen LogP contribution is -2.56. The van der Waals surface area contributed by atoms with Crippen molar-refractivity contribution in [3.05, 3.63) is 0 Å². The minimum absolute atomic E-state index is 0.168. The van der Waals surface area contributed by atoms with Crippen LogP contribution in [-0.4, -0.2) is 54.2 Å². The van der Waals surface area contributed by atoms with Gasteiger partial charge in [0.1, 0.15) is 0 Å². The van der Waals surface area contributed by atoms with Crippen molar-refractivity contribution in [2.75, 3.05) is 32.8 Å². The average Bonchev–Trinajstić information content (AvgIpc) is 2.28. The lowest BCUT2D eigenvalue weighted by molar-refractivity contribution is 0.0325. The lowest BCUT2D eigenvalue weighted by Gasteiger charge is -2.44. The van der Waals surface area contributed by atoms with Gasteiger partial charge in [-0.2, -0.15) is 0 Å². The summed E-state index contributed by atoms with van der Waals surface area (Å²) in [6.45, 7) is 14.9. The zero-order chi connectivity index (χ0) is 13.8. The van der Waals surface area contributed by atoms with Gasteiger partial charge in [0.05, 0.1) is 6.61 Å². The van der Waals surface area contributed by atoms with Crippen molar-refractivity contribution >= 4 is 6.09 Å². The third kappa shape index (κ3) is 4.16.